The molecule has 0 radical (unpaired) electrons. The minimum Gasteiger partial charge on any atom is -0.497 e. The lowest BCUT2D eigenvalue weighted by atomic mass is 10.1. The Bertz CT molecular complexity index is 971. The number of imide groups is 1. The van der Waals surface area contributed by atoms with Crippen molar-refractivity contribution in [2.45, 2.75) is 46.1 Å². The van der Waals surface area contributed by atoms with Crippen LogP contribution in [0, 0.1) is 5.92 Å². The highest BCUT2D eigenvalue weighted by Crippen LogP contribution is 2.30. The first-order valence-electron chi connectivity index (χ1n) is 11.0. The lowest BCUT2D eigenvalue weighted by molar-refractivity contribution is -0.124. The number of carbonyl (C=O) groups is 3. The van der Waals surface area contributed by atoms with Crippen LogP contribution in [0.1, 0.15) is 39.2 Å². The Morgan fingerprint density at radius 1 is 1.12 bits per heavy atom. The van der Waals surface area contributed by atoms with Gasteiger partial charge in [0.2, 0.25) is 5.91 Å². The molecule has 1 N–H and O–H groups in total. The molecule has 7 heteroatoms. The molecular weight excluding hydrogens is 406 g/mol. The number of anilines is 2. The quantitative estimate of drug-likeness (QED) is 0.587. The van der Waals surface area contributed by atoms with Gasteiger partial charge in [0.25, 0.3) is 5.91 Å². The Kier molecular flexibility index (Phi) is 7.51. The van der Waals surface area contributed by atoms with Gasteiger partial charge in [0.05, 0.1) is 19.2 Å². The van der Waals surface area contributed by atoms with Crippen LogP contribution in [0.5, 0.6) is 5.75 Å². The fraction of sp³-hybridized carbons (Fsp3) is 0.400. The summed E-state index contributed by atoms with van der Waals surface area (Å²) in [5.41, 5.74) is 2.28. The molecule has 1 atom stereocenters. The third kappa shape index (κ3) is 5.28. The number of amides is 4. The van der Waals surface area contributed by atoms with E-state index >= 15 is 0 Å². The second-order valence-corrected chi connectivity index (χ2v) is 8.35. The van der Waals surface area contributed by atoms with Gasteiger partial charge in [-0.2, -0.15) is 0 Å². The van der Waals surface area contributed by atoms with Gasteiger partial charge in [0.1, 0.15) is 11.8 Å². The second-order valence-electron chi connectivity index (χ2n) is 8.35. The van der Waals surface area contributed by atoms with Crippen LogP contribution in [0.3, 0.4) is 0 Å². The van der Waals surface area contributed by atoms with Gasteiger partial charge in [-0.05, 0) is 48.6 Å². The highest BCUT2D eigenvalue weighted by atomic mass is 16.5. The summed E-state index contributed by atoms with van der Waals surface area (Å²) >= 11 is 0. The van der Waals surface area contributed by atoms with E-state index in [0.29, 0.717) is 29.6 Å². The average Bonchev–Trinajstić information content (AvgIpc) is 3.01. The van der Waals surface area contributed by atoms with Crippen molar-refractivity contribution in [1.82, 2.24) is 4.90 Å². The standard InChI is InChI=1S/C25H31N3O4/c1-5-18-9-11-19(12-10-18)26-23(29)16-22-24(30)28(20-7-6-8-21(15-20)32-4)25(31)27(22)14-13-17(2)3/h6-12,15,17,22H,5,13-14,16H2,1-4H3,(H,26,29). The molecule has 2 aromatic carbocycles. The van der Waals surface area contributed by atoms with Gasteiger partial charge in [-0.1, -0.05) is 39.0 Å². The summed E-state index contributed by atoms with van der Waals surface area (Å²) in [6.07, 6.45) is 1.55. The molecule has 0 spiro atoms. The highest BCUT2D eigenvalue weighted by molar-refractivity contribution is 6.22. The van der Waals surface area contributed by atoms with Gasteiger partial charge in [0.15, 0.2) is 0 Å². The summed E-state index contributed by atoms with van der Waals surface area (Å²) in [4.78, 5) is 41.9. The molecule has 0 saturated carbocycles. The molecule has 1 saturated heterocycles. The van der Waals surface area contributed by atoms with E-state index in [9.17, 15) is 14.4 Å². The Labute approximate surface area is 189 Å². The van der Waals surface area contributed by atoms with Gasteiger partial charge < -0.3 is 15.0 Å². The van der Waals surface area contributed by atoms with E-state index in [1.54, 1.807) is 24.3 Å². The molecule has 1 aliphatic heterocycles. The number of rotatable bonds is 9. The molecule has 7 nitrogen and oxygen atoms in total. The van der Waals surface area contributed by atoms with Crippen LogP contribution >= 0.6 is 0 Å². The number of hydrogen-bond donors (Lipinski definition) is 1. The molecule has 0 bridgehead atoms. The number of nitrogens with one attached hydrogen (secondary N) is 1. The van der Waals surface area contributed by atoms with E-state index in [1.807, 2.05) is 24.3 Å². The van der Waals surface area contributed by atoms with Crippen LogP contribution in [-0.4, -0.2) is 42.4 Å². The van der Waals surface area contributed by atoms with Crippen molar-refractivity contribution in [3.63, 3.8) is 0 Å². The number of aryl methyl sites for hydroxylation is 1. The molecule has 170 valence electrons. The normalized spacial score (nSPS) is 16.1. The summed E-state index contributed by atoms with van der Waals surface area (Å²) < 4.78 is 5.24. The van der Waals surface area contributed by atoms with Gasteiger partial charge in [0, 0.05) is 18.3 Å². The van der Waals surface area contributed by atoms with Crippen molar-refractivity contribution in [2.75, 3.05) is 23.9 Å². The fourth-order valence-corrected chi connectivity index (χ4v) is 3.68. The summed E-state index contributed by atoms with van der Waals surface area (Å²) in [6, 6.07) is 13.2. The van der Waals surface area contributed by atoms with Gasteiger partial charge in [-0.3, -0.25) is 9.59 Å². The summed E-state index contributed by atoms with van der Waals surface area (Å²) in [5.74, 6) is 0.204. The van der Waals surface area contributed by atoms with Crippen LogP contribution < -0.4 is 15.0 Å². The van der Waals surface area contributed by atoms with Crippen LogP contribution in [0.15, 0.2) is 48.5 Å². The Morgan fingerprint density at radius 2 is 1.84 bits per heavy atom. The third-order valence-electron chi connectivity index (χ3n) is 5.60. The summed E-state index contributed by atoms with van der Waals surface area (Å²) in [7, 11) is 1.53. The number of ether oxygens (including phenoxy) is 1. The maximum Gasteiger partial charge on any atom is 0.332 e. The Balaban J connectivity index is 1.80. The van der Waals surface area contributed by atoms with Crippen molar-refractivity contribution in [3.8, 4) is 5.75 Å². The first-order valence-corrected chi connectivity index (χ1v) is 11.0. The first kappa shape index (κ1) is 23.3. The molecule has 0 aromatic heterocycles. The highest BCUT2D eigenvalue weighted by Gasteiger charge is 2.46. The monoisotopic (exact) mass is 437 g/mol. The van der Waals surface area contributed by atoms with Gasteiger partial charge in [-0.25, -0.2) is 9.69 Å². The maximum absolute atomic E-state index is 13.3. The van der Waals surface area contributed by atoms with E-state index in [1.165, 1.54) is 17.6 Å². The summed E-state index contributed by atoms with van der Waals surface area (Å²) in [5, 5.41) is 2.85. The number of urea groups is 1. The molecular formula is C25H31N3O4. The molecule has 1 fully saturated rings. The molecule has 2 aromatic rings. The first-order chi connectivity index (χ1) is 15.3. The second kappa shape index (κ2) is 10.3. The van der Waals surface area contributed by atoms with Crippen molar-refractivity contribution in [1.29, 1.82) is 0 Å². The van der Waals surface area contributed by atoms with Crippen molar-refractivity contribution < 1.29 is 19.1 Å². The topological polar surface area (TPSA) is 79.0 Å². The minimum absolute atomic E-state index is 0.0985. The van der Waals surface area contributed by atoms with Crippen LogP contribution in [0.25, 0.3) is 0 Å². The van der Waals surface area contributed by atoms with E-state index in [-0.39, 0.29) is 12.3 Å². The zero-order valence-electron chi connectivity index (χ0n) is 19.1. The lowest BCUT2D eigenvalue weighted by Crippen LogP contribution is -2.39. The summed E-state index contributed by atoms with van der Waals surface area (Å²) in [6.45, 7) is 6.59. The number of benzene rings is 2. The van der Waals surface area contributed by atoms with E-state index in [2.05, 4.69) is 26.1 Å². The smallest absolute Gasteiger partial charge is 0.332 e. The molecule has 0 aliphatic carbocycles. The number of carbonyl (C=O) groups excluding carboxylic acids is 3. The van der Waals surface area contributed by atoms with Crippen LogP contribution in [-0.2, 0) is 16.0 Å². The molecule has 3 rings (SSSR count). The van der Waals surface area contributed by atoms with Crippen molar-refractivity contribution >= 4 is 29.2 Å². The maximum atomic E-state index is 13.3. The van der Waals surface area contributed by atoms with Gasteiger partial charge >= 0.3 is 6.03 Å². The van der Waals surface area contributed by atoms with E-state index in [0.717, 1.165) is 17.7 Å². The number of hydrogen-bond acceptors (Lipinski definition) is 4. The molecule has 32 heavy (non-hydrogen) atoms. The lowest BCUT2D eigenvalue weighted by Gasteiger charge is -2.22. The van der Waals surface area contributed by atoms with Crippen molar-refractivity contribution in [2.24, 2.45) is 5.92 Å². The third-order valence-corrected chi connectivity index (χ3v) is 5.60. The largest absolute Gasteiger partial charge is 0.497 e. The minimum atomic E-state index is -0.845. The molecule has 1 aliphatic rings. The Morgan fingerprint density at radius 3 is 2.47 bits per heavy atom. The fourth-order valence-electron chi connectivity index (χ4n) is 3.68. The SMILES string of the molecule is CCc1ccc(NC(=O)CC2C(=O)N(c3cccc(OC)c3)C(=O)N2CCC(C)C)cc1. The molecule has 4 amide bonds. The predicted octanol–water partition coefficient (Wildman–Crippen LogP) is 4.47. The number of methoxy groups -OCH3 is 1. The van der Waals surface area contributed by atoms with Crippen LogP contribution in [0.2, 0.25) is 0 Å². The predicted molar refractivity (Wildman–Crippen MR) is 125 cm³/mol. The molecule has 1 heterocycles. The van der Waals surface area contributed by atoms with E-state index < -0.39 is 18.0 Å². The van der Waals surface area contributed by atoms with Gasteiger partial charge in [-0.15, -0.1) is 0 Å². The Hall–Kier alpha value is -3.35. The molecule has 1 unspecified atom stereocenters. The number of nitrogens with zero attached hydrogens (tertiary/aromatic N) is 2. The van der Waals surface area contributed by atoms with Crippen molar-refractivity contribution in [3.05, 3.63) is 54.1 Å². The zero-order chi connectivity index (χ0) is 23.3. The zero-order valence-corrected chi connectivity index (χ0v) is 19.1. The van der Waals surface area contributed by atoms with E-state index in [4.69, 9.17) is 4.74 Å². The van der Waals surface area contributed by atoms with Crippen LogP contribution in [0.4, 0.5) is 16.2 Å². The average molecular weight is 438 g/mol.